The third-order valence-corrected chi connectivity index (χ3v) is 5.22. The molecule has 134 valence electrons. The Morgan fingerprint density at radius 2 is 2.24 bits per heavy atom. The average Bonchev–Trinajstić information content (AvgIpc) is 3.14. The van der Waals surface area contributed by atoms with E-state index in [4.69, 9.17) is 0 Å². The highest BCUT2D eigenvalue weighted by Gasteiger charge is 2.30. The summed E-state index contributed by atoms with van der Waals surface area (Å²) in [5.74, 6) is 0.112. The van der Waals surface area contributed by atoms with Crippen molar-refractivity contribution in [1.82, 2.24) is 15.1 Å². The molecule has 0 aliphatic carbocycles. The van der Waals surface area contributed by atoms with Crippen LogP contribution in [-0.2, 0) is 11.2 Å². The lowest BCUT2D eigenvalue weighted by Crippen LogP contribution is -2.37. The topological polar surface area (TPSA) is 49.0 Å². The van der Waals surface area contributed by atoms with Gasteiger partial charge in [-0.1, -0.05) is 19.1 Å². The van der Waals surface area contributed by atoms with Gasteiger partial charge in [0.05, 0.1) is 5.69 Å². The van der Waals surface area contributed by atoms with E-state index < -0.39 is 0 Å². The van der Waals surface area contributed by atoms with Crippen molar-refractivity contribution in [3.8, 4) is 0 Å². The predicted octanol–water partition coefficient (Wildman–Crippen LogP) is 3.89. The van der Waals surface area contributed by atoms with Crippen LogP contribution in [0.25, 0.3) is 0 Å². The normalized spacial score (nSPS) is 18.6. The summed E-state index contributed by atoms with van der Waals surface area (Å²) >= 11 is 0. The first-order chi connectivity index (χ1) is 12.0. The van der Waals surface area contributed by atoms with Crippen LogP contribution < -0.4 is 0 Å². The number of aryl methyl sites for hydroxylation is 2. The zero-order valence-corrected chi connectivity index (χ0v) is 15.2. The third-order valence-electron chi connectivity index (χ3n) is 5.22. The smallest absolute Gasteiger partial charge is 0.223 e. The van der Waals surface area contributed by atoms with E-state index in [2.05, 4.69) is 17.1 Å². The molecular weight excluding hydrogens is 317 g/mol. The molecule has 0 unspecified atom stereocenters. The van der Waals surface area contributed by atoms with Crippen molar-refractivity contribution in [3.05, 3.63) is 52.6 Å². The summed E-state index contributed by atoms with van der Waals surface area (Å²) < 4.78 is 13.4. The van der Waals surface area contributed by atoms with E-state index in [1.54, 1.807) is 12.1 Å². The number of nitrogens with zero attached hydrogens (tertiary/aromatic N) is 2. The van der Waals surface area contributed by atoms with Crippen molar-refractivity contribution >= 4 is 5.91 Å². The molecule has 4 nitrogen and oxygen atoms in total. The van der Waals surface area contributed by atoms with Crippen LogP contribution in [0, 0.1) is 19.7 Å². The highest BCUT2D eigenvalue weighted by molar-refractivity contribution is 5.78. The van der Waals surface area contributed by atoms with E-state index in [1.165, 1.54) is 6.07 Å². The number of hydrogen-bond acceptors (Lipinski definition) is 2. The van der Waals surface area contributed by atoms with Gasteiger partial charge in [-0.25, -0.2) is 4.39 Å². The number of carbonyl (C=O) groups excluding carboxylic acids is 1. The van der Waals surface area contributed by atoms with Crippen molar-refractivity contribution in [2.45, 2.75) is 58.4 Å². The maximum atomic E-state index is 13.4. The first-order valence-corrected chi connectivity index (χ1v) is 9.01. The Kier molecular flexibility index (Phi) is 5.21. The number of nitrogens with one attached hydrogen (secondary N) is 1. The maximum Gasteiger partial charge on any atom is 0.223 e. The Labute approximate surface area is 148 Å². The minimum absolute atomic E-state index is 0.140. The highest BCUT2D eigenvalue weighted by atomic mass is 19.1. The molecular formula is C20H26FN3O. The minimum atomic E-state index is -0.215. The van der Waals surface area contributed by atoms with Crippen molar-refractivity contribution in [2.75, 3.05) is 6.54 Å². The number of amides is 1. The van der Waals surface area contributed by atoms with Crippen molar-refractivity contribution < 1.29 is 9.18 Å². The highest BCUT2D eigenvalue weighted by Crippen LogP contribution is 2.28. The molecule has 1 saturated heterocycles. The van der Waals surface area contributed by atoms with Crippen LogP contribution in [-0.4, -0.2) is 33.6 Å². The number of aromatic amines is 1. The van der Waals surface area contributed by atoms with Gasteiger partial charge in [0, 0.05) is 24.7 Å². The minimum Gasteiger partial charge on any atom is -0.339 e. The molecule has 1 aromatic heterocycles. The van der Waals surface area contributed by atoms with Crippen molar-refractivity contribution in [1.29, 1.82) is 0 Å². The number of benzene rings is 1. The van der Waals surface area contributed by atoms with E-state index in [0.29, 0.717) is 6.42 Å². The molecule has 1 aliphatic heterocycles. The van der Waals surface area contributed by atoms with E-state index in [-0.39, 0.29) is 23.7 Å². The summed E-state index contributed by atoms with van der Waals surface area (Å²) in [5.41, 5.74) is 4.11. The molecule has 1 N–H and O–H groups in total. The van der Waals surface area contributed by atoms with Gasteiger partial charge in [-0.2, -0.15) is 5.10 Å². The Morgan fingerprint density at radius 1 is 1.44 bits per heavy atom. The Morgan fingerprint density at radius 3 is 2.92 bits per heavy atom. The molecule has 1 amide bonds. The first kappa shape index (κ1) is 17.6. The second-order valence-electron chi connectivity index (χ2n) is 7.17. The molecule has 1 aliphatic rings. The summed E-state index contributed by atoms with van der Waals surface area (Å²) in [7, 11) is 0. The molecule has 0 saturated carbocycles. The average molecular weight is 343 g/mol. The van der Waals surface area contributed by atoms with Crippen LogP contribution in [0.3, 0.4) is 0 Å². The molecule has 1 fully saturated rings. The molecule has 0 radical (unpaired) electrons. The Balaban J connectivity index is 1.66. The van der Waals surface area contributed by atoms with Gasteiger partial charge < -0.3 is 4.90 Å². The number of halogens is 1. The standard InChI is InChI=1S/C20H26FN3O/c1-13(20-14(2)22-23-15(20)3)10-19(25)24-9-5-8-18(24)12-16-6-4-7-17(21)11-16/h4,6-7,11,13,18H,5,8-10,12H2,1-3H3,(H,22,23)/t13-,18+/m1/s1. The Bertz CT molecular complexity index is 736. The molecule has 3 rings (SSSR count). The van der Waals surface area contributed by atoms with E-state index in [0.717, 1.165) is 48.3 Å². The maximum absolute atomic E-state index is 13.4. The van der Waals surface area contributed by atoms with Gasteiger partial charge in [0.25, 0.3) is 0 Å². The molecule has 0 bridgehead atoms. The fourth-order valence-electron chi connectivity index (χ4n) is 4.08. The zero-order chi connectivity index (χ0) is 18.0. The molecule has 2 aromatic rings. The number of H-pyrrole nitrogens is 1. The molecule has 25 heavy (non-hydrogen) atoms. The molecule has 1 aromatic carbocycles. The Hall–Kier alpha value is -2.17. The lowest BCUT2D eigenvalue weighted by atomic mass is 9.95. The van der Waals surface area contributed by atoms with E-state index in [9.17, 15) is 9.18 Å². The SMILES string of the molecule is Cc1n[nH]c(C)c1[C@H](C)CC(=O)N1CCC[C@H]1Cc1cccc(F)c1. The zero-order valence-electron chi connectivity index (χ0n) is 15.2. The largest absolute Gasteiger partial charge is 0.339 e. The van der Waals surface area contributed by atoms with Crippen molar-refractivity contribution in [2.24, 2.45) is 0 Å². The number of hydrogen-bond donors (Lipinski definition) is 1. The van der Waals surface area contributed by atoms with Gasteiger partial charge in [-0.3, -0.25) is 9.89 Å². The summed E-state index contributed by atoms with van der Waals surface area (Å²) in [4.78, 5) is 14.9. The van der Waals surface area contributed by atoms with Crippen LogP contribution in [0.15, 0.2) is 24.3 Å². The summed E-state index contributed by atoms with van der Waals surface area (Å²) in [6.07, 6.45) is 3.22. The summed E-state index contributed by atoms with van der Waals surface area (Å²) in [6, 6.07) is 6.87. The summed E-state index contributed by atoms with van der Waals surface area (Å²) in [5, 5.41) is 7.23. The number of rotatable bonds is 5. The van der Waals surface area contributed by atoms with Gasteiger partial charge in [-0.15, -0.1) is 0 Å². The number of aromatic nitrogens is 2. The lowest BCUT2D eigenvalue weighted by Gasteiger charge is -2.26. The van der Waals surface area contributed by atoms with Gasteiger partial charge in [0.15, 0.2) is 0 Å². The van der Waals surface area contributed by atoms with Crippen LogP contribution in [0.2, 0.25) is 0 Å². The summed E-state index contributed by atoms with van der Waals surface area (Å²) in [6.45, 7) is 6.86. The first-order valence-electron chi connectivity index (χ1n) is 9.01. The molecule has 5 heteroatoms. The van der Waals surface area contributed by atoms with Gasteiger partial charge >= 0.3 is 0 Å². The quantitative estimate of drug-likeness (QED) is 0.895. The fraction of sp³-hybridized carbons (Fsp3) is 0.500. The molecule has 2 heterocycles. The van der Waals surface area contributed by atoms with E-state index >= 15 is 0 Å². The molecule has 2 atom stereocenters. The van der Waals surface area contributed by atoms with E-state index in [1.807, 2.05) is 24.8 Å². The second-order valence-corrected chi connectivity index (χ2v) is 7.17. The number of likely N-dealkylation sites (tertiary alicyclic amines) is 1. The van der Waals surface area contributed by atoms with Gasteiger partial charge in [-0.05, 0) is 62.3 Å². The predicted molar refractivity (Wildman–Crippen MR) is 95.9 cm³/mol. The lowest BCUT2D eigenvalue weighted by molar-refractivity contribution is -0.132. The van der Waals surface area contributed by atoms with Gasteiger partial charge in [0.1, 0.15) is 5.82 Å². The second kappa shape index (κ2) is 7.38. The fourth-order valence-corrected chi connectivity index (χ4v) is 4.08. The van der Waals surface area contributed by atoms with Crippen LogP contribution >= 0.6 is 0 Å². The van der Waals surface area contributed by atoms with Crippen LogP contribution in [0.4, 0.5) is 4.39 Å². The number of carbonyl (C=O) groups is 1. The van der Waals surface area contributed by atoms with Crippen LogP contribution in [0.5, 0.6) is 0 Å². The third kappa shape index (κ3) is 3.91. The monoisotopic (exact) mass is 343 g/mol. The van der Waals surface area contributed by atoms with Gasteiger partial charge in [0.2, 0.25) is 5.91 Å². The van der Waals surface area contributed by atoms with Crippen LogP contribution in [0.1, 0.15) is 54.6 Å². The molecule has 0 spiro atoms. The van der Waals surface area contributed by atoms with Crippen molar-refractivity contribution in [3.63, 3.8) is 0 Å².